The maximum Gasteiger partial charge on any atom is -0.0383 e. The Hall–Kier alpha value is 0. The van der Waals surface area contributed by atoms with Crippen molar-refractivity contribution in [3.8, 4) is 0 Å². The normalized spacial score (nSPS) is 16.0. The van der Waals surface area contributed by atoms with Crippen molar-refractivity contribution in [1.29, 1.82) is 0 Å². The lowest BCUT2D eigenvalue weighted by Gasteiger charge is -2.23. The van der Waals surface area contributed by atoms with Gasteiger partial charge in [-0.05, 0) is 29.6 Å². The van der Waals surface area contributed by atoms with Gasteiger partial charge >= 0.3 is 0 Å². The second kappa shape index (κ2) is 8.99. The zero-order chi connectivity index (χ0) is 14.2. The van der Waals surface area contributed by atoms with Crippen LogP contribution in [0, 0.1) is 23.2 Å². The van der Waals surface area contributed by atoms with Gasteiger partial charge in [-0.15, -0.1) is 0 Å². The van der Waals surface area contributed by atoms with Crippen molar-refractivity contribution in [1.82, 2.24) is 0 Å². The Bertz CT molecular complexity index is 185. The minimum atomic E-state index is 0.511. The first-order chi connectivity index (χ1) is 8.26. The average Bonchev–Trinajstić information content (AvgIpc) is 2.24. The third-order valence-electron chi connectivity index (χ3n) is 4.26. The third-order valence-corrected chi connectivity index (χ3v) is 4.26. The first kappa shape index (κ1) is 18.0. The molecule has 0 aromatic rings. The zero-order valence-electron chi connectivity index (χ0n) is 14.2. The maximum atomic E-state index is 2.44. The summed E-state index contributed by atoms with van der Waals surface area (Å²) >= 11 is 0. The third kappa shape index (κ3) is 9.97. The van der Waals surface area contributed by atoms with Crippen molar-refractivity contribution in [3.63, 3.8) is 0 Å². The molecule has 0 heteroatoms. The number of hydrogen-bond acceptors (Lipinski definition) is 0. The van der Waals surface area contributed by atoms with Crippen LogP contribution in [0.25, 0.3) is 0 Å². The molecule has 0 rings (SSSR count). The summed E-state index contributed by atoms with van der Waals surface area (Å²) in [6, 6.07) is 0. The van der Waals surface area contributed by atoms with Gasteiger partial charge in [0.2, 0.25) is 0 Å². The summed E-state index contributed by atoms with van der Waals surface area (Å²) in [5.74, 6) is 2.75. The van der Waals surface area contributed by atoms with E-state index in [1.165, 1.54) is 44.9 Å². The number of rotatable bonds is 9. The van der Waals surface area contributed by atoms with Crippen LogP contribution in [0.5, 0.6) is 0 Å². The lowest BCUT2D eigenvalue weighted by molar-refractivity contribution is 0.292. The van der Waals surface area contributed by atoms with Gasteiger partial charge < -0.3 is 0 Å². The van der Waals surface area contributed by atoms with Crippen LogP contribution in [0.1, 0.15) is 93.4 Å². The Morgan fingerprint density at radius 2 is 1.44 bits per heavy atom. The van der Waals surface area contributed by atoms with E-state index in [9.17, 15) is 0 Å². The molecular formula is C18H38. The predicted molar refractivity (Wildman–Crippen MR) is 84.9 cm³/mol. The Kier molecular flexibility index (Phi) is 8.99. The van der Waals surface area contributed by atoms with Gasteiger partial charge in [0.15, 0.2) is 0 Å². The van der Waals surface area contributed by atoms with Crippen LogP contribution < -0.4 is 0 Å². The van der Waals surface area contributed by atoms with Gasteiger partial charge in [0, 0.05) is 0 Å². The quantitative estimate of drug-likeness (QED) is 0.430. The summed E-state index contributed by atoms with van der Waals surface area (Å²) in [7, 11) is 0. The lowest BCUT2D eigenvalue weighted by Crippen LogP contribution is -2.10. The van der Waals surface area contributed by atoms with Gasteiger partial charge in [0.1, 0.15) is 0 Å². The fourth-order valence-corrected chi connectivity index (χ4v) is 2.73. The second-order valence-electron chi connectivity index (χ2n) is 7.93. The van der Waals surface area contributed by atoms with Gasteiger partial charge in [0.25, 0.3) is 0 Å². The van der Waals surface area contributed by atoms with E-state index >= 15 is 0 Å². The van der Waals surface area contributed by atoms with Gasteiger partial charge in [-0.1, -0.05) is 87.0 Å². The Balaban J connectivity index is 3.74. The molecule has 0 nitrogen and oxygen atoms in total. The minimum absolute atomic E-state index is 0.511. The molecule has 0 aliphatic rings. The molecule has 0 fully saturated rings. The molecule has 0 amide bonds. The standard InChI is InChI=1S/C18H38/c1-8-10-17(15(2)3)12-9-11-16(4)13-14-18(5,6)7/h15-17H,8-14H2,1-7H3. The molecule has 0 aliphatic heterocycles. The van der Waals surface area contributed by atoms with Crippen LogP contribution in [0.2, 0.25) is 0 Å². The van der Waals surface area contributed by atoms with Crippen LogP contribution in [0.15, 0.2) is 0 Å². The van der Waals surface area contributed by atoms with Crippen LogP contribution in [0.4, 0.5) is 0 Å². The SMILES string of the molecule is CCCC(CCCC(C)CCC(C)(C)C)C(C)C. The van der Waals surface area contributed by atoms with Crippen LogP contribution >= 0.6 is 0 Å². The summed E-state index contributed by atoms with van der Waals surface area (Å²) in [4.78, 5) is 0. The molecule has 0 spiro atoms. The van der Waals surface area contributed by atoms with Crippen molar-refractivity contribution < 1.29 is 0 Å². The molecule has 18 heavy (non-hydrogen) atoms. The molecule has 110 valence electrons. The monoisotopic (exact) mass is 254 g/mol. The molecule has 2 unspecified atom stereocenters. The summed E-state index contributed by atoms with van der Waals surface area (Å²) in [6.07, 6.45) is 9.87. The van der Waals surface area contributed by atoms with E-state index in [-0.39, 0.29) is 0 Å². The topological polar surface area (TPSA) is 0 Å². The molecule has 0 radical (unpaired) electrons. The van der Waals surface area contributed by atoms with Gasteiger partial charge in [-0.25, -0.2) is 0 Å². The van der Waals surface area contributed by atoms with E-state index in [2.05, 4.69) is 48.5 Å². The zero-order valence-corrected chi connectivity index (χ0v) is 14.2. The molecule has 0 heterocycles. The van der Waals surface area contributed by atoms with Crippen molar-refractivity contribution in [2.45, 2.75) is 93.4 Å². The van der Waals surface area contributed by atoms with Crippen LogP contribution in [-0.2, 0) is 0 Å². The van der Waals surface area contributed by atoms with E-state index in [4.69, 9.17) is 0 Å². The van der Waals surface area contributed by atoms with Crippen LogP contribution in [-0.4, -0.2) is 0 Å². The van der Waals surface area contributed by atoms with E-state index in [1.54, 1.807) is 0 Å². The smallest absolute Gasteiger partial charge is 0.0383 e. The Morgan fingerprint density at radius 1 is 0.833 bits per heavy atom. The highest BCUT2D eigenvalue weighted by Crippen LogP contribution is 2.28. The minimum Gasteiger partial charge on any atom is -0.0654 e. The molecular weight excluding hydrogens is 216 g/mol. The summed E-state index contributed by atoms with van der Waals surface area (Å²) in [6.45, 7) is 16.6. The molecule has 0 aliphatic carbocycles. The van der Waals surface area contributed by atoms with E-state index in [0.717, 1.165) is 17.8 Å². The largest absolute Gasteiger partial charge is 0.0654 e. The highest BCUT2D eigenvalue weighted by atomic mass is 14.2. The van der Waals surface area contributed by atoms with Crippen molar-refractivity contribution in [2.75, 3.05) is 0 Å². The lowest BCUT2D eigenvalue weighted by atomic mass is 9.83. The van der Waals surface area contributed by atoms with Crippen molar-refractivity contribution in [2.24, 2.45) is 23.2 Å². The molecule has 0 aromatic heterocycles. The highest BCUT2D eigenvalue weighted by Gasteiger charge is 2.15. The molecule has 0 N–H and O–H groups in total. The molecule has 2 atom stereocenters. The van der Waals surface area contributed by atoms with Crippen LogP contribution in [0.3, 0.4) is 0 Å². The van der Waals surface area contributed by atoms with E-state index in [0.29, 0.717) is 5.41 Å². The van der Waals surface area contributed by atoms with Gasteiger partial charge in [0.05, 0.1) is 0 Å². The molecule has 0 saturated heterocycles. The number of hydrogen-bond donors (Lipinski definition) is 0. The summed E-state index contributed by atoms with van der Waals surface area (Å²) in [5.41, 5.74) is 0.511. The maximum absolute atomic E-state index is 2.44. The molecule has 0 aromatic carbocycles. The predicted octanol–water partition coefficient (Wildman–Crippen LogP) is 6.69. The van der Waals surface area contributed by atoms with Crippen molar-refractivity contribution >= 4 is 0 Å². The summed E-state index contributed by atoms with van der Waals surface area (Å²) in [5, 5.41) is 0. The first-order valence-electron chi connectivity index (χ1n) is 8.26. The molecule has 0 bridgehead atoms. The fourth-order valence-electron chi connectivity index (χ4n) is 2.73. The van der Waals surface area contributed by atoms with E-state index < -0.39 is 0 Å². The Labute approximate surface area is 117 Å². The van der Waals surface area contributed by atoms with Gasteiger partial charge in [-0.2, -0.15) is 0 Å². The summed E-state index contributed by atoms with van der Waals surface area (Å²) < 4.78 is 0. The van der Waals surface area contributed by atoms with Crippen molar-refractivity contribution in [3.05, 3.63) is 0 Å². The average molecular weight is 255 g/mol. The highest BCUT2D eigenvalue weighted by molar-refractivity contribution is 4.67. The Morgan fingerprint density at radius 3 is 1.89 bits per heavy atom. The second-order valence-corrected chi connectivity index (χ2v) is 7.93. The molecule has 0 saturated carbocycles. The van der Waals surface area contributed by atoms with Gasteiger partial charge in [-0.3, -0.25) is 0 Å². The fraction of sp³-hybridized carbons (Fsp3) is 1.00. The van der Waals surface area contributed by atoms with E-state index in [1.807, 2.05) is 0 Å². The first-order valence-corrected chi connectivity index (χ1v) is 8.26.